The van der Waals surface area contributed by atoms with Crippen molar-refractivity contribution in [2.75, 3.05) is 11.1 Å². The van der Waals surface area contributed by atoms with Crippen molar-refractivity contribution in [2.45, 2.75) is 14.7 Å². The molecule has 0 fully saturated rings. The topological polar surface area (TPSA) is 274 Å². The van der Waals surface area contributed by atoms with E-state index in [2.05, 4.69) is 49.2 Å². The standard InChI is InChI=1S/C19H14ClN7O11S3/c20-17-23-18(21)25-19(24-17)22-11-6-9(41(32,33)34)3-7-4-13(40-38-36-31)15(16(29)14(7)11)27-26-10-5-8(39-37-35-30)1-2-12(10)28/h1-6,28-31H,(H,32,33,34)(H3,21,22,23,24,25). The molecule has 0 saturated carbocycles. The average molecular weight is 648 g/mol. The van der Waals surface area contributed by atoms with Gasteiger partial charge in [-0.05, 0) is 53.4 Å². The summed E-state index contributed by atoms with van der Waals surface area (Å²) in [6.07, 6.45) is 0. The van der Waals surface area contributed by atoms with Gasteiger partial charge in [-0.3, -0.25) is 4.55 Å². The number of aromatic nitrogens is 3. The molecule has 0 spiro atoms. The summed E-state index contributed by atoms with van der Waals surface area (Å²) in [4.78, 5) is 10.9. The summed E-state index contributed by atoms with van der Waals surface area (Å²) in [5.74, 6) is -1.49. The van der Waals surface area contributed by atoms with E-state index < -0.39 is 20.8 Å². The first-order chi connectivity index (χ1) is 19.5. The quantitative estimate of drug-likeness (QED) is 0.0373. The van der Waals surface area contributed by atoms with E-state index in [1.54, 1.807) is 0 Å². The third kappa shape index (κ3) is 7.38. The molecule has 3 aromatic carbocycles. The molecule has 4 aromatic rings. The first-order valence-electron chi connectivity index (χ1n) is 10.3. The number of phenolic OH excluding ortho intramolecular Hbond substituents is 2. The molecular weight excluding hydrogens is 634 g/mol. The number of nitrogens with zero attached hydrogens (tertiary/aromatic N) is 5. The number of halogens is 1. The van der Waals surface area contributed by atoms with E-state index >= 15 is 0 Å². The lowest BCUT2D eigenvalue weighted by Crippen LogP contribution is -2.05. The molecule has 0 unspecified atom stereocenters. The Labute approximate surface area is 241 Å². The predicted octanol–water partition coefficient (Wildman–Crippen LogP) is 4.93. The molecule has 0 atom stereocenters. The van der Waals surface area contributed by atoms with E-state index in [0.717, 1.165) is 12.1 Å². The Morgan fingerprint density at radius 3 is 2.39 bits per heavy atom. The summed E-state index contributed by atoms with van der Waals surface area (Å²) in [5.41, 5.74) is 4.99. The van der Waals surface area contributed by atoms with Gasteiger partial charge in [0.2, 0.25) is 17.2 Å². The average Bonchev–Trinajstić information content (AvgIpc) is 2.90. The van der Waals surface area contributed by atoms with E-state index in [4.69, 9.17) is 27.8 Å². The minimum absolute atomic E-state index is 0.00126. The van der Waals surface area contributed by atoms with Gasteiger partial charge in [-0.25, -0.2) is 10.5 Å². The smallest absolute Gasteiger partial charge is 0.294 e. The van der Waals surface area contributed by atoms with Gasteiger partial charge >= 0.3 is 0 Å². The van der Waals surface area contributed by atoms with E-state index in [9.17, 15) is 23.2 Å². The van der Waals surface area contributed by atoms with Gasteiger partial charge < -0.3 is 21.3 Å². The van der Waals surface area contributed by atoms with Crippen LogP contribution >= 0.6 is 35.7 Å². The highest BCUT2D eigenvalue weighted by molar-refractivity contribution is 7.95. The molecule has 8 N–H and O–H groups in total. The van der Waals surface area contributed by atoms with Gasteiger partial charge in [0.05, 0.1) is 39.6 Å². The number of anilines is 3. The molecule has 0 bridgehead atoms. The van der Waals surface area contributed by atoms with Crippen LogP contribution in [0.25, 0.3) is 10.8 Å². The summed E-state index contributed by atoms with van der Waals surface area (Å²) in [7, 11) is -4.77. The lowest BCUT2D eigenvalue weighted by molar-refractivity contribution is -0.432. The van der Waals surface area contributed by atoms with Gasteiger partial charge in [-0.2, -0.15) is 23.4 Å². The van der Waals surface area contributed by atoms with Gasteiger partial charge in [0.1, 0.15) is 17.1 Å². The second-order valence-electron chi connectivity index (χ2n) is 7.33. The van der Waals surface area contributed by atoms with Crippen LogP contribution in [0.4, 0.5) is 29.0 Å². The van der Waals surface area contributed by atoms with Crippen molar-refractivity contribution in [3.8, 4) is 11.5 Å². The SMILES string of the molecule is Nc1nc(Cl)nc(Nc2cc(S(=O)(=O)O)cc3cc(SOOO)c(N=Nc4cc(SOOO)ccc4O)c(O)c23)n1. The number of nitrogen functional groups attached to an aromatic ring is 1. The van der Waals surface area contributed by atoms with Crippen LogP contribution in [0.2, 0.25) is 5.28 Å². The molecule has 22 heteroatoms. The molecule has 1 heterocycles. The number of azo groups is 1. The minimum Gasteiger partial charge on any atom is -0.506 e. The van der Waals surface area contributed by atoms with E-state index in [1.165, 1.54) is 24.3 Å². The van der Waals surface area contributed by atoms with E-state index in [1.807, 2.05) is 0 Å². The molecule has 0 amide bonds. The molecule has 0 saturated heterocycles. The molecule has 0 aliphatic carbocycles. The Hall–Kier alpha value is -3.61. The van der Waals surface area contributed by atoms with Gasteiger partial charge in [0.25, 0.3) is 10.1 Å². The minimum atomic E-state index is -4.77. The number of aromatic hydroxyl groups is 2. The van der Waals surface area contributed by atoms with Crippen LogP contribution in [0.15, 0.2) is 61.3 Å². The molecule has 41 heavy (non-hydrogen) atoms. The third-order valence-electron chi connectivity index (χ3n) is 4.81. The van der Waals surface area contributed by atoms with Crippen LogP contribution in [-0.4, -0.2) is 48.7 Å². The van der Waals surface area contributed by atoms with Crippen molar-refractivity contribution in [2.24, 2.45) is 10.2 Å². The molecule has 0 aliphatic heterocycles. The van der Waals surface area contributed by atoms with Crippen LogP contribution in [0.1, 0.15) is 0 Å². The zero-order valence-electron chi connectivity index (χ0n) is 19.6. The zero-order chi connectivity index (χ0) is 29.7. The molecule has 216 valence electrons. The number of phenols is 2. The maximum atomic E-state index is 12.0. The number of rotatable bonds is 11. The Morgan fingerprint density at radius 2 is 1.71 bits per heavy atom. The van der Waals surface area contributed by atoms with Crippen LogP contribution in [0.3, 0.4) is 0 Å². The van der Waals surface area contributed by atoms with Crippen molar-refractivity contribution < 1.29 is 52.4 Å². The highest BCUT2D eigenvalue weighted by Crippen LogP contribution is 2.48. The Bertz CT molecular complexity index is 1730. The van der Waals surface area contributed by atoms with E-state index in [0.29, 0.717) is 29.0 Å². The van der Waals surface area contributed by atoms with Crippen LogP contribution < -0.4 is 11.1 Å². The number of hydrogen-bond acceptors (Lipinski definition) is 19. The van der Waals surface area contributed by atoms with Gasteiger partial charge in [0.15, 0.2) is 5.75 Å². The van der Waals surface area contributed by atoms with Crippen molar-refractivity contribution in [1.29, 1.82) is 0 Å². The fourth-order valence-electron chi connectivity index (χ4n) is 3.25. The van der Waals surface area contributed by atoms with Gasteiger partial charge in [-0.15, -0.1) is 18.9 Å². The van der Waals surface area contributed by atoms with Crippen molar-refractivity contribution >= 4 is 85.5 Å². The van der Waals surface area contributed by atoms with Crippen molar-refractivity contribution in [3.05, 3.63) is 41.7 Å². The molecular formula is C19H14ClN7O11S3. The normalized spacial score (nSPS) is 11.9. The van der Waals surface area contributed by atoms with Crippen molar-refractivity contribution in [3.63, 3.8) is 0 Å². The highest BCUT2D eigenvalue weighted by atomic mass is 35.5. The molecule has 0 aliphatic rings. The van der Waals surface area contributed by atoms with Crippen LogP contribution in [0, 0.1) is 0 Å². The maximum Gasteiger partial charge on any atom is 0.294 e. The second-order valence-corrected chi connectivity index (χ2v) is 10.6. The fourth-order valence-corrected chi connectivity index (χ4v) is 4.85. The predicted molar refractivity (Wildman–Crippen MR) is 142 cm³/mol. The summed E-state index contributed by atoms with van der Waals surface area (Å²) in [6.45, 7) is 0. The summed E-state index contributed by atoms with van der Waals surface area (Å²) in [6, 6.07) is 7.17. The summed E-state index contributed by atoms with van der Waals surface area (Å²) in [5, 5.41) is 55.8. The Balaban J connectivity index is 1.93. The van der Waals surface area contributed by atoms with Crippen molar-refractivity contribution in [1.82, 2.24) is 15.0 Å². The van der Waals surface area contributed by atoms with Gasteiger partial charge in [-0.1, -0.05) is 10.1 Å². The Morgan fingerprint density at radius 1 is 0.976 bits per heavy atom. The first kappa shape index (κ1) is 30.4. The van der Waals surface area contributed by atoms with Crippen LogP contribution in [0.5, 0.6) is 11.5 Å². The molecule has 0 radical (unpaired) electrons. The number of hydrogen-bond donors (Lipinski definition) is 7. The lowest BCUT2D eigenvalue weighted by Gasteiger charge is -2.15. The zero-order valence-corrected chi connectivity index (χ0v) is 22.8. The number of benzene rings is 3. The fraction of sp³-hybridized carbons (Fsp3) is 0. The monoisotopic (exact) mass is 647 g/mol. The maximum absolute atomic E-state index is 12.0. The van der Waals surface area contributed by atoms with Gasteiger partial charge in [0, 0.05) is 10.3 Å². The Kier molecular flexibility index (Phi) is 9.57. The first-order valence-corrected chi connectivity index (χ1v) is 13.6. The van der Waals surface area contributed by atoms with E-state index in [-0.39, 0.29) is 55.7 Å². The lowest BCUT2D eigenvalue weighted by atomic mass is 10.1. The molecule has 18 nitrogen and oxygen atoms in total. The molecule has 1 aromatic heterocycles. The summed E-state index contributed by atoms with van der Waals surface area (Å²) < 4.78 is 42.5. The second kappa shape index (κ2) is 12.9. The highest BCUT2D eigenvalue weighted by Gasteiger charge is 2.22. The third-order valence-corrected chi connectivity index (χ3v) is 7.01. The largest absolute Gasteiger partial charge is 0.506 e. The summed E-state index contributed by atoms with van der Waals surface area (Å²) >= 11 is 6.74. The molecule has 4 rings (SSSR count). The van der Waals surface area contributed by atoms with Crippen LogP contribution in [-0.2, 0) is 28.9 Å². The number of nitrogens with two attached hydrogens (primary N) is 1. The number of nitrogens with one attached hydrogen (secondary N) is 1. The number of fused-ring (bicyclic) bond motifs is 1.